The van der Waals surface area contributed by atoms with Crippen LogP contribution in [0.1, 0.15) is 34.1 Å². The van der Waals surface area contributed by atoms with E-state index in [2.05, 4.69) is 4.98 Å². The van der Waals surface area contributed by atoms with Crippen LogP contribution in [0, 0.1) is 0 Å². The molecular formula is C25H18ClNO2. The van der Waals surface area contributed by atoms with Crippen LogP contribution in [0.15, 0.2) is 72.8 Å². The molecule has 0 aliphatic carbocycles. The fourth-order valence-electron chi connectivity index (χ4n) is 3.69. The lowest BCUT2D eigenvalue weighted by Crippen LogP contribution is -2.01. The Hall–Kier alpha value is -3.14. The van der Waals surface area contributed by atoms with E-state index < -0.39 is 6.10 Å². The minimum absolute atomic E-state index is 0.453. The first kappa shape index (κ1) is 17.9. The summed E-state index contributed by atoms with van der Waals surface area (Å²) in [6, 6.07) is 23.3. The van der Waals surface area contributed by atoms with E-state index in [0.717, 1.165) is 38.9 Å². The number of halogens is 1. The number of hydrogen-bond acceptors (Lipinski definition) is 3. The molecule has 0 spiro atoms. The first-order valence-corrected chi connectivity index (χ1v) is 9.83. The molecule has 0 bridgehead atoms. The van der Waals surface area contributed by atoms with Crippen LogP contribution in [0.25, 0.3) is 23.1 Å². The second-order valence-electron chi connectivity index (χ2n) is 7.07. The van der Waals surface area contributed by atoms with Crippen LogP contribution in [0.4, 0.5) is 0 Å². The summed E-state index contributed by atoms with van der Waals surface area (Å²) in [5.74, 6) is 0.706. The van der Waals surface area contributed by atoms with Crippen LogP contribution in [-0.4, -0.2) is 10.1 Å². The number of aromatic nitrogens is 1. The van der Waals surface area contributed by atoms with Crippen molar-refractivity contribution in [1.29, 1.82) is 0 Å². The molecule has 0 radical (unpaired) electrons. The van der Waals surface area contributed by atoms with Crippen molar-refractivity contribution in [3.63, 3.8) is 0 Å². The molecule has 142 valence electrons. The first-order chi connectivity index (χ1) is 14.2. The van der Waals surface area contributed by atoms with E-state index in [1.54, 1.807) is 0 Å². The van der Waals surface area contributed by atoms with Gasteiger partial charge in [0.1, 0.15) is 18.5 Å². The van der Waals surface area contributed by atoms with Crippen molar-refractivity contribution in [1.82, 2.24) is 4.98 Å². The van der Waals surface area contributed by atoms with Crippen LogP contribution in [0.3, 0.4) is 0 Å². The van der Waals surface area contributed by atoms with Gasteiger partial charge in [0, 0.05) is 10.9 Å². The third kappa shape index (κ3) is 3.39. The minimum Gasteiger partial charge on any atom is -0.488 e. The summed E-state index contributed by atoms with van der Waals surface area (Å²) in [5.41, 5.74) is 5.25. The Labute approximate surface area is 173 Å². The third-order valence-electron chi connectivity index (χ3n) is 5.19. The maximum atomic E-state index is 10.9. The summed E-state index contributed by atoms with van der Waals surface area (Å²) >= 11 is 6.40. The fourth-order valence-corrected chi connectivity index (χ4v) is 3.96. The maximum Gasteiger partial charge on any atom is 0.126 e. The molecule has 0 saturated carbocycles. The molecule has 29 heavy (non-hydrogen) atoms. The predicted molar refractivity (Wildman–Crippen MR) is 117 cm³/mol. The Balaban J connectivity index is 1.50. The van der Waals surface area contributed by atoms with Crippen molar-refractivity contribution < 1.29 is 9.84 Å². The van der Waals surface area contributed by atoms with Crippen molar-refractivity contribution in [2.75, 3.05) is 0 Å². The second kappa shape index (κ2) is 7.36. The van der Waals surface area contributed by atoms with Gasteiger partial charge in [0.25, 0.3) is 0 Å². The van der Waals surface area contributed by atoms with E-state index in [1.807, 2.05) is 84.9 Å². The zero-order chi connectivity index (χ0) is 19.8. The molecule has 0 fully saturated rings. The van der Waals surface area contributed by atoms with Gasteiger partial charge in [0.2, 0.25) is 0 Å². The number of pyridine rings is 1. The molecule has 1 atom stereocenters. The first-order valence-electron chi connectivity index (χ1n) is 9.45. The average molecular weight is 400 g/mol. The topological polar surface area (TPSA) is 42.4 Å². The van der Waals surface area contributed by atoms with Gasteiger partial charge in [-0.05, 0) is 47.0 Å². The molecule has 1 aromatic heterocycles. The molecule has 3 nitrogen and oxygen atoms in total. The number of aliphatic hydroxyl groups is 1. The van der Waals surface area contributed by atoms with Crippen LogP contribution in [0.2, 0.25) is 5.02 Å². The van der Waals surface area contributed by atoms with Gasteiger partial charge in [-0.25, -0.2) is 4.98 Å². The number of benzene rings is 3. The summed E-state index contributed by atoms with van der Waals surface area (Å²) in [6.45, 7) is 0.453. The van der Waals surface area contributed by atoms with Crippen molar-refractivity contribution in [3.05, 3.63) is 106 Å². The number of nitrogens with zero attached hydrogens (tertiary/aromatic N) is 1. The number of hydrogen-bond donors (Lipinski definition) is 1. The molecule has 2 heterocycles. The number of aliphatic hydroxyl groups excluding tert-OH is 1. The quantitative estimate of drug-likeness (QED) is 0.447. The highest BCUT2D eigenvalue weighted by atomic mass is 35.5. The lowest BCUT2D eigenvalue weighted by Gasteiger charge is -2.13. The Morgan fingerprint density at radius 2 is 1.76 bits per heavy atom. The van der Waals surface area contributed by atoms with Crippen molar-refractivity contribution in [2.24, 2.45) is 0 Å². The largest absolute Gasteiger partial charge is 0.488 e. The Kier molecular flexibility index (Phi) is 4.55. The third-order valence-corrected chi connectivity index (χ3v) is 5.51. The van der Waals surface area contributed by atoms with Gasteiger partial charge in [0.05, 0.1) is 16.2 Å². The molecule has 1 aliphatic heterocycles. The lowest BCUT2D eigenvalue weighted by molar-refractivity contribution is 0.218. The van der Waals surface area contributed by atoms with Gasteiger partial charge in [0.15, 0.2) is 0 Å². The molecule has 1 N–H and O–H groups in total. The average Bonchev–Trinajstić information content (AvgIpc) is 2.89. The molecule has 0 amide bonds. The van der Waals surface area contributed by atoms with E-state index in [4.69, 9.17) is 16.3 Å². The second-order valence-corrected chi connectivity index (χ2v) is 7.47. The lowest BCUT2D eigenvalue weighted by atomic mass is 9.96. The maximum absolute atomic E-state index is 10.9. The summed E-state index contributed by atoms with van der Waals surface area (Å²) < 4.78 is 5.91. The summed E-state index contributed by atoms with van der Waals surface area (Å²) in [7, 11) is 0. The molecule has 4 heteroatoms. The molecule has 0 saturated heterocycles. The van der Waals surface area contributed by atoms with E-state index in [1.165, 1.54) is 0 Å². The SMILES string of the molecule is OC1c2ccccc2COc2ccc(C=Cc3cc(Cl)c4ccccc4n3)cc21. The normalized spacial score (nSPS) is 15.6. The predicted octanol–water partition coefficient (Wildman–Crippen LogP) is 6.03. The highest BCUT2D eigenvalue weighted by Gasteiger charge is 2.22. The summed E-state index contributed by atoms with van der Waals surface area (Å²) in [5, 5.41) is 12.5. The van der Waals surface area contributed by atoms with Gasteiger partial charge >= 0.3 is 0 Å². The molecular weight excluding hydrogens is 382 g/mol. The minimum atomic E-state index is -0.717. The van der Waals surface area contributed by atoms with E-state index in [0.29, 0.717) is 17.4 Å². The molecule has 1 aliphatic rings. The monoisotopic (exact) mass is 399 g/mol. The summed E-state index contributed by atoms with van der Waals surface area (Å²) in [4.78, 5) is 4.65. The van der Waals surface area contributed by atoms with Crippen molar-refractivity contribution >= 4 is 34.7 Å². The fraction of sp³-hybridized carbons (Fsp3) is 0.0800. The van der Waals surface area contributed by atoms with Gasteiger partial charge in [-0.2, -0.15) is 0 Å². The van der Waals surface area contributed by atoms with Gasteiger partial charge in [-0.1, -0.05) is 66.2 Å². The van der Waals surface area contributed by atoms with Gasteiger partial charge in [-0.15, -0.1) is 0 Å². The van der Waals surface area contributed by atoms with E-state index in [-0.39, 0.29) is 0 Å². The zero-order valence-electron chi connectivity index (χ0n) is 15.5. The summed E-state index contributed by atoms with van der Waals surface area (Å²) in [6.07, 6.45) is 3.18. The number of para-hydroxylation sites is 1. The highest BCUT2D eigenvalue weighted by molar-refractivity contribution is 6.35. The Morgan fingerprint density at radius 1 is 0.931 bits per heavy atom. The number of rotatable bonds is 2. The highest BCUT2D eigenvalue weighted by Crippen LogP contribution is 2.36. The molecule has 5 rings (SSSR count). The standard InChI is InChI=1S/C25H18ClNO2/c26-22-14-18(27-23-8-4-3-7-20(22)23)11-9-16-10-12-24-21(13-16)25(28)19-6-2-1-5-17(19)15-29-24/h1-14,25,28H,15H2. The van der Waals surface area contributed by atoms with Crippen molar-refractivity contribution in [3.8, 4) is 5.75 Å². The molecule has 4 aromatic rings. The van der Waals surface area contributed by atoms with Crippen LogP contribution < -0.4 is 4.74 Å². The Bertz CT molecular complexity index is 1250. The van der Waals surface area contributed by atoms with Crippen LogP contribution in [0.5, 0.6) is 5.75 Å². The zero-order valence-corrected chi connectivity index (χ0v) is 16.3. The number of ether oxygens (including phenoxy) is 1. The van der Waals surface area contributed by atoms with Crippen LogP contribution >= 0.6 is 11.6 Å². The Morgan fingerprint density at radius 3 is 2.69 bits per heavy atom. The van der Waals surface area contributed by atoms with E-state index >= 15 is 0 Å². The van der Waals surface area contributed by atoms with Crippen molar-refractivity contribution in [2.45, 2.75) is 12.7 Å². The van der Waals surface area contributed by atoms with Gasteiger partial charge < -0.3 is 9.84 Å². The molecule has 3 aromatic carbocycles. The number of fused-ring (bicyclic) bond motifs is 3. The smallest absolute Gasteiger partial charge is 0.126 e. The van der Waals surface area contributed by atoms with Gasteiger partial charge in [-0.3, -0.25) is 0 Å². The molecule has 1 unspecified atom stereocenters. The van der Waals surface area contributed by atoms with Crippen LogP contribution in [-0.2, 0) is 6.61 Å². The van der Waals surface area contributed by atoms with E-state index in [9.17, 15) is 5.11 Å².